The number of hydrogen-bond donors (Lipinski definition) is 1. The molecule has 1 N–H and O–H groups in total. The van der Waals surface area contributed by atoms with Crippen molar-refractivity contribution >= 4 is 15.7 Å². The molecule has 0 radical (unpaired) electrons. The molecule has 22 heavy (non-hydrogen) atoms. The van der Waals surface area contributed by atoms with E-state index in [9.17, 15) is 8.42 Å². The van der Waals surface area contributed by atoms with Gasteiger partial charge in [0.2, 0.25) is 10.0 Å². The fourth-order valence-electron chi connectivity index (χ4n) is 2.57. The lowest BCUT2D eigenvalue weighted by Crippen LogP contribution is -2.09. The number of methoxy groups -OCH3 is 1. The molecule has 0 bridgehead atoms. The van der Waals surface area contributed by atoms with Gasteiger partial charge in [-0.25, -0.2) is 8.42 Å². The van der Waals surface area contributed by atoms with Crippen LogP contribution in [0.25, 0.3) is 11.1 Å². The fraction of sp³-hybridized carbons (Fsp3) is 0.312. The first-order chi connectivity index (χ1) is 10.5. The lowest BCUT2D eigenvalue weighted by molar-refractivity contribution is 0.416. The third-order valence-electron chi connectivity index (χ3n) is 3.67. The van der Waals surface area contributed by atoms with Crippen LogP contribution in [0, 0.1) is 0 Å². The van der Waals surface area contributed by atoms with Crippen LogP contribution in [0.2, 0.25) is 0 Å². The van der Waals surface area contributed by atoms with Crippen LogP contribution in [0.5, 0.6) is 5.75 Å². The first kappa shape index (κ1) is 14.8. The van der Waals surface area contributed by atoms with Gasteiger partial charge in [-0.2, -0.15) is 0 Å². The van der Waals surface area contributed by atoms with Crippen molar-refractivity contribution in [2.75, 3.05) is 18.1 Å². The zero-order chi connectivity index (χ0) is 15.7. The van der Waals surface area contributed by atoms with Gasteiger partial charge in [-0.05, 0) is 42.5 Å². The molecule has 1 fully saturated rings. The highest BCUT2D eigenvalue weighted by Crippen LogP contribution is 2.45. The maximum atomic E-state index is 11.3. The van der Waals surface area contributed by atoms with E-state index < -0.39 is 10.0 Å². The molecule has 1 heterocycles. The van der Waals surface area contributed by atoms with E-state index >= 15 is 0 Å². The van der Waals surface area contributed by atoms with E-state index in [0.717, 1.165) is 17.4 Å². The van der Waals surface area contributed by atoms with Gasteiger partial charge in [0.1, 0.15) is 5.75 Å². The van der Waals surface area contributed by atoms with Gasteiger partial charge >= 0.3 is 0 Å². The van der Waals surface area contributed by atoms with E-state index in [1.165, 1.54) is 18.4 Å². The van der Waals surface area contributed by atoms with E-state index in [1.807, 2.05) is 18.5 Å². The molecule has 0 atom stereocenters. The Bertz CT molecular complexity index is 799. The van der Waals surface area contributed by atoms with E-state index in [2.05, 4.69) is 15.8 Å². The van der Waals surface area contributed by atoms with Gasteiger partial charge in [-0.15, -0.1) is 0 Å². The lowest BCUT2D eigenvalue weighted by Gasteiger charge is -2.14. The van der Waals surface area contributed by atoms with Gasteiger partial charge in [-0.3, -0.25) is 9.71 Å². The first-order valence-corrected chi connectivity index (χ1v) is 8.97. The summed E-state index contributed by atoms with van der Waals surface area (Å²) in [5.41, 5.74) is 3.74. The summed E-state index contributed by atoms with van der Waals surface area (Å²) in [7, 11) is -1.73. The van der Waals surface area contributed by atoms with Gasteiger partial charge in [0.15, 0.2) is 0 Å². The molecule has 0 spiro atoms. The molecule has 1 aromatic carbocycles. The van der Waals surface area contributed by atoms with Crippen LogP contribution < -0.4 is 9.46 Å². The van der Waals surface area contributed by atoms with E-state index in [-0.39, 0.29) is 0 Å². The molecule has 0 saturated heterocycles. The van der Waals surface area contributed by atoms with Gasteiger partial charge in [0.25, 0.3) is 0 Å². The van der Waals surface area contributed by atoms with Crippen molar-refractivity contribution in [3.05, 3.63) is 42.2 Å². The minimum atomic E-state index is -3.31. The summed E-state index contributed by atoms with van der Waals surface area (Å²) in [4.78, 5) is 4.22. The number of nitrogens with zero attached hydrogens (tertiary/aromatic N) is 1. The second-order valence-electron chi connectivity index (χ2n) is 5.53. The number of hydrogen-bond acceptors (Lipinski definition) is 4. The highest BCUT2D eigenvalue weighted by molar-refractivity contribution is 7.92. The third kappa shape index (κ3) is 3.22. The Morgan fingerprint density at radius 1 is 1.23 bits per heavy atom. The standard InChI is InChI=1S/C16H18N2O3S/c1-21-16-9-12(18-22(2,19)20)5-6-14(16)15-10-17-8-7-13(15)11-3-4-11/h5-11,18H,3-4H2,1-2H3. The van der Waals surface area contributed by atoms with E-state index in [1.54, 1.807) is 19.2 Å². The van der Waals surface area contributed by atoms with Crippen molar-refractivity contribution < 1.29 is 13.2 Å². The lowest BCUT2D eigenvalue weighted by atomic mass is 9.98. The third-order valence-corrected chi connectivity index (χ3v) is 4.27. The Labute approximate surface area is 130 Å². The number of sulfonamides is 1. The molecule has 3 rings (SSSR count). The summed E-state index contributed by atoms with van der Waals surface area (Å²) in [6.45, 7) is 0. The molecular formula is C16H18N2O3S. The molecule has 6 heteroatoms. The van der Waals surface area contributed by atoms with Crippen LogP contribution in [0.1, 0.15) is 24.3 Å². The van der Waals surface area contributed by atoms with Gasteiger partial charge < -0.3 is 4.74 Å². The Balaban J connectivity index is 2.04. The smallest absolute Gasteiger partial charge is 0.229 e. The Morgan fingerprint density at radius 2 is 2.00 bits per heavy atom. The largest absolute Gasteiger partial charge is 0.496 e. The summed E-state index contributed by atoms with van der Waals surface area (Å²) in [6, 6.07) is 7.35. The topological polar surface area (TPSA) is 68.3 Å². The number of benzene rings is 1. The number of aromatic nitrogens is 1. The van der Waals surface area contributed by atoms with Crippen molar-refractivity contribution in [1.82, 2.24) is 4.98 Å². The Hall–Kier alpha value is -2.08. The number of rotatable bonds is 5. The van der Waals surface area contributed by atoms with Crippen molar-refractivity contribution in [3.8, 4) is 16.9 Å². The zero-order valence-corrected chi connectivity index (χ0v) is 13.4. The van der Waals surface area contributed by atoms with Crippen LogP contribution in [-0.4, -0.2) is 26.8 Å². The molecular weight excluding hydrogens is 300 g/mol. The minimum Gasteiger partial charge on any atom is -0.496 e. The van der Waals surface area contributed by atoms with E-state index in [0.29, 0.717) is 17.4 Å². The summed E-state index contributed by atoms with van der Waals surface area (Å²) < 4.78 is 30.6. The Kier molecular flexibility index (Phi) is 3.78. The maximum absolute atomic E-state index is 11.3. The molecule has 5 nitrogen and oxygen atoms in total. The monoisotopic (exact) mass is 318 g/mol. The molecule has 1 saturated carbocycles. The molecule has 0 amide bonds. The molecule has 2 aromatic rings. The van der Waals surface area contributed by atoms with Crippen molar-refractivity contribution in [3.63, 3.8) is 0 Å². The first-order valence-electron chi connectivity index (χ1n) is 7.08. The average Bonchev–Trinajstić information content (AvgIpc) is 3.30. The number of nitrogens with one attached hydrogen (secondary N) is 1. The molecule has 0 aliphatic heterocycles. The average molecular weight is 318 g/mol. The number of ether oxygens (including phenoxy) is 1. The quantitative estimate of drug-likeness (QED) is 0.920. The summed E-state index contributed by atoms with van der Waals surface area (Å²) >= 11 is 0. The summed E-state index contributed by atoms with van der Waals surface area (Å²) in [5.74, 6) is 1.22. The van der Waals surface area contributed by atoms with Crippen LogP contribution in [0.3, 0.4) is 0 Å². The molecule has 1 aliphatic rings. The minimum absolute atomic E-state index is 0.486. The van der Waals surface area contributed by atoms with Gasteiger partial charge in [0.05, 0.1) is 19.1 Å². The number of pyridine rings is 1. The normalized spacial score (nSPS) is 14.6. The van der Waals surface area contributed by atoms with Crippen LogP contribution in [-0.2, 0) is 10.0 Å². The predicted molar refractivity (Wildman–Crippen MR) is 86.7 cm³/mol. The second-order valence-corrected chi connectivity index (χ2v) is 7.27. The van der Waals surface area contributed by atoms with Crippen molar-refractivity contribution in [1.29, 1.82) is 0 Å². The second kappa shape index (κ2) is 5.61. The highest BCUT2D eigenvalue weighted by Gasteiger charge is 2.27. The predicted octanol–water partition coefficient (Wildman–Crippen LogP) is 3.01. The van der Waals surface area contributed by atoms with Crippen LogP contribution in [0.4, 0.5) is 5.69 Å². The van der Waals surface area contributed by atoms with Gasteiger partial charge in [-0.1, -0.05) is 0 Å². The SMILES string of the molecule is COc1cc(NS(C)(=O)=O)ccc1-c1cnccc1C1CC1. The summed E-state index contributed by atoms with van der Waals surface area (Å²) in [5, 5.41) is 0. The summed E-state index contributed by atoms with van der Waals surface area (Å²) in [6.07, 6.45) is 7.18. The van der Waals surface area contributed by atoms with Gasteiger partial charge in [0, 0.05) is 29.6 Å². The molecule has 0 unspecified atom stereocenters. The van der Waals surface area contributed by atoms with Crippen molar-refractivity contribution in [2.45, 2.75) is 18.8 Å². The van der Waals surface area contributed by atoms with Crippen LogP contribution in [0.15, 0.2) is 36.7 Å². The maximum Gasteiger partial charge on any atom is 0.229 e. The Morgan fingerprint density at radius 3 is 2.64 bits per heavy atom. The fourth-order valence-corrected chi connectivity index (χ4v) is 3.13. The number of anilines is 1. The zero-order valence-electron chi connectivity index (χ0n) is 12.5. The van der Waals surface area contributed by atoms with E-state index in [4.69, 9.17) is 4.74 Å². The van der Waals surface area contributed by atoms with Crippen molar-refractivity contribution in [2.24, 2.45) is 0 Å². The molecule has 116 valence electrons. The highest BCUT2D eigenvalue weighted by atomic mass is 32.2. The molecule has 1 aromatic heterocycles. The van der Waals surface area contributed by atoms with Crippen LogP contribution >= 0.6 is 0 Å². The molecule has 1 aliphatic carbocycles.